The van der Waals surface area contributed by atoms with E-state index in [-0.39, 0.29) is 17.2 Å². The van der Waals surface area contributed by atoms with Gasteiger partial charge >= 0.3 is 0 Å². The van der Waals surface area contributed by atoms with Crippen LogP contribution in [0.1, 0.15) is 11.1 Å². The Hall–Kier alpha value is -1.26. The standard InChI is InChI=1S/C15H17BrN2O4S2/c1-17-23(19,20)11-13-7-3-2-6-12(13)10-18-24(21,22)15-9-5-4-8-14(15)16/h2-9,17-18H,10-11H2,1H3. The Morgan fingerprint density at radius 1 is 0.917 bits per heavy atom. The highest BCUT2D eigenvalue weighted by Gasteiger charge is 2.18. The van der Waals surface area contributed by atoms with Crippen molar-refractivity contribution in [3.05, 3.63) is 64.1 Å². The summed E-state index contributed by atoms with van der Waals surface area (Å²) in [6.07, 6.45) is 0. The van der Waals surface area contributed by atoms with E-state index in [1.165, 1.54) is 13.1 Å². The molecule has 130 valence electrons. The summed E-state index contributed by atoms with van der Waals surface area (Å²) in [6, 6.07) is 13.3. The van der Waals surface area contributed by atoms with E-state index >= 15 is 0 Å². The number of sulfonamides is 2. The summed E-state index contributed by atoms with van der Waals surface area (Å²) in [5.41, 5.74) is 1.15. The molecule has 2 aromatic carbocycles. The monoisotopic (exact) mass is 432 g/mol. The van der Waals surface area contributed by atoms with Crippen molar-refractivity contribution in [3.63, 3.8) is 0 Å². The van der Waals surface area contributed by atoms with Crippen LogP contribution in [0, 0.1) is 0 Å². The second-order valence-corrected chi connectivity index (χ2v) is 9.50. The fraction of sp³-hybridized carbons (Fsp3) is 0.200. The number of halogens is 1. The fourth-order valence-corrected chi connectivity index (χ4v) is 4.90. The van der Waals surface area contributed by atoms with Gasteiger partial charge in [-0.3, -0.25) is 0 Å². The Morgan fingerprint density at radius 3 is 2.12 bits per heavy atom. The van der Waals surface area contributed by atoms with Gasteiger partial charge in [0.05, 0.1) is 10.6 Å². The molecule has 9 heteroatoms. The summed E-state index contributed by atoms with van der Waals surface area (Å²) < 4.78 is 53.5. The highest BCUT2D eigenvalue weighted by Crippen LogP contribution is 2.21. The first-order chi connectivity index (χ1) is 11.2. The fourth-order valence-electron chi connectivity index (χ4n) is 2.06. The van der Waals surface area contributed by atoms with E-state index in [2.05, 4.69) is 25.4 Å². The van der Waals surface area contributed by atoms with E-state index in [9.17, 15) is 16.8 Å². The van der Waals surface area contributed by atoms with Gasteiger partial charge in [0.15, 0.2) is 0 Å². The zero-order valence-electron chi connectivity index (χ0n) is 12.9. The maximum absolute atomic E-state index is 12.4. The normalized spacial score (nSPS) is 12.2. The zero-order valence-corrected chi connectivity index (χ0v) is 16.1. The lowest BCUT2D eigenvalue weighted by molar-refractivity contribution is 0.580. The van der Waals surface area contributed by atoms with Gasteiger partial charge in [-0.25, -0.2) is 26.3 Å². The van der Waals surface area contributed by atoms with Crippen molar-refractivity contribution < 1.29 is 16.8 Å². The predicted octanol–water partition coefficient (Wildman–Crippen LogP) is 1.98. The molecular formula is C15H17BrN2O4S2. The third kappa shape index (κ3) is 4.87. The number of rotatable bonds is 7. The molecule has 0 aliphatic heterocycles. The minimum atomic E-state index is -3.72. The van der Waals surface area contributed by atoms with Crippen LogP contribution in [0.25, 0.3) is 0 Å². The lowest BCUT2D eigenvalue weighted by Crippen LogP contribution is -2.25. The van der Waals surface area contributed by atoms with Gasteiger partial charge in [-0.05, 0) is 46.2 Å². The van der Waals surface area contributed by atoms with Crippen LogP contribution in [-0.4, -0.2) is 23.9 Å². The maximum atomic E-state index is 12.4. The van der Waals surface area contributed by atoms with Gasteiger partial charge in [0, 0.05) is 11.0 Å². The Morgan fingerprint density at radius 2 is 1.50 bits per heavy atom. The first-order valence-corrected chi connectivity index (χ1v) is 10.9. The summed E-state index contributed by atoms with van der Waals surface area (Å²) in [4.78, 5) is 0.130. The quantitative estimate of drug-likeness (QED) is 0.699. The van der Waals surface area contributed by atoms with Crippen LogP contribution >= 0.6 is 15.9 Å². The van der Waals surface area contributed by atoms with Crippen molar-refractivity contribution in [2.24, 2.45) is 0 Å². The smallest absolute Gasteiger partial charge is 0.218 e. The number of benzene rings is 2. The van der Waals surface area contributed by atoms with Gasteiger partial charge in [-0.15, -0.1) is 0 Å². The van der Waals surface area contributed by atoms with E-state index in [0.29, 0.717) is 15.6 Å². The molecule has 0 radical (unpaired) electrons. The van der Waals surface area contributed by atoms with Crippen molar-refractivity contribution in [1.82, 2.24) is 9.44 Å². The molecule has 24 heavy (non-hydrogen) atoms. The van der Waals surface area contributed by atoms with E-state index in [0.717, 1.165) is 0 Å². The Kier molecular flexibility index (Phi) is 6.16. The van der Waals surface area contributed by atoms with Crippen LogP contribution in [0.2, 0.25) is 0 Å². The van der Waals surface area contributed by atoms with Crippen LogP contribution in [0.5, 0.6) is 0 Å². The summed E-state index contributed by atoms with van der Waals surface area (Å²) >= 11 is 3.22. The predicted molar refractivity (Wildman–Crippen MR) is 96.3 cm³/mol. The minimum Gasteiger partial charge on any atom is -0.218 e. The zero-order chi connectivity index (χ0) is 17.8. The second-order valence-electron chi connectivity index (χ2n) is 4.99. The van der Waals surface area contributed by atoms with E-state index in [1.54, 1.807) is 42.5 Å². The molecular weight excluding hydrogens is 416 g/mol. The first kappa shape index (κ1) is 19.1. The van der Waals surface area contributed by atoms with Crippen LogP contribution < -0.4 is 9.44 Å². The molecule has 2 aromatic rings. The molecule has 0 saturated carbocycles. The highest BCUT2D eigenvalue weighted by atomic mass is 79.9. The Balaban J connectivity index is 2.23. The minimum absolute atomic E-state index is 0.000917. The largest absolute Gasteiger partial charge is 0.241 e. The molecule has 0 unspecified atom stereocenters. The van der Waals surface area contributed by atoms with Gasteiger partial charge in [-0.2, -0.15) is 0 Å². The van der Waals surface area contributed by atoms with Crippen LogP contribution in [0.3, 0.4) is 0 Å². The molecule has 0 saturated heterocycles. The Bertz CT molecular complexity index is 928. The molecule has 0 amide bonds. The average molecular weight is 433 g/mol. The molecule has 0 bridgehead atoms. The van der Waals surface area contributed by atoms with Crippen molar-refractivity contribution in [2.75, 3.05) is 7.05 Å². The molecule has 6 nitrogen and oxygen atoms in total. The first-order valence-electron chi connectivity index (χ1n) is 6.97. The highest BCUT2D eigenvalue weighted by molar-refractivity contribution is 9.10. The SMILES string of the molecule is CNS(=O)(=O)Cc1ccccc1CNS(=O)(=O)c1ccccc1Br. The topological polar surface area (TPSA) is 92.3 Å². The maximum Gasteiger partial charge on any atom is 0.241 e. The van der Waals surface area contributed by atoms with Gasteiger partial charge in [0.25, 0.3) is 0 Å². The van der Waals surface area contributed by atoms with Crippen LogP contribution in [-0.2, 0) is 32.3 Å². The van der Waals surface area contributed by atoms with Crippen molar-refractivity contribution in [2.45, 2.75) is 17.2 Å². The summed E-state index contributed by atoms with van der Waals surface area (Å²) in [6.45, 7) is -0.000917. The Labute approximate surface area is 150 Å². The number of hydrogen-bond donors (Lipinski definition) is 2. The summed E-state index contributed by atoms with van der Waals surface area (Å²) in [5, 5.41) is 0. The molecule has 0 spiro atoms. The number of hydrogen-bond acceptors (Lipinski definition) is 4. The lowest BCUT2D eigenvalue weighted by atomic mass is 10.1. The van der Waals surface area contributed by atoms with Gasteiger partial charge in [0.1, 0.15) is 0 Å². The van der Waals surface area contributed by atoms with Crippen molar-refractivity contribution in [1.29, 1.82) is 0 Å². The third-order valence-electron chi connectivity index (χ3n) is 3.35. The molecule has 0 heterocycles. The van der Waals surface area contributed by atoms with E-state index in [4.69, 9.17) is 0 Å². The van der Waals surface area contributed by atoms with Gasteiger partial charge in [0.2, 0.25) is 20.0 Å². The molecule has 0 fully saturated rings. The third-order valence-corrected chi connectivity index (χ3v) is 7.08. The summed E-state index contributed by atoms with van der Waals surface area (Å²) in [5.74, 6) is -0.212. The molecule has 0 aromatic heterocycles. The van der Waals surface area contributed by atoms with Crippen molar-refractivity contribution >= 4 is 36.0 Å². The molecule has 0 aliphatic rings. The van der Waals surface area contributed by atoms with Crippen molar-refractivity contribution in [3.8, 4) is 0 Å². The van der Waals surface area contributed by atoms with E-state index < -0.39 is 20.0 Å². The lowest BCUT2D eigenvalue weighted by Gasteiger charge is -2.12. The second kappa shape index (κ2) is 7.75. The van der Waals surface area contributed by atoms with Gasteiger partial charge in [-0.1, -0.05) is 36.4 Å². The van der Waals surface area contributed by atoms with Gasteiger partial charge < -0.3 is 0 Å². The van der Waals surface area contributed by atoms with Crippen LogP contribution in [0.15, 0.2) is 57.9 Å². The summed E-state index contributed by atoms with van der Waals surface area (Å²) in [7, 11) is -5.82. The molecule has 0 atom stereocenters. The average Bonchev–Trinajstić information content (AvgIpc) is 2.54. The van der Waals surface area contributed by atoms with Crippen LogP contribution in [0.4, 0.5) is 0 Å². The molecule has 0 aliphatic carbocycles. The number of nitrogens with one attached hydrogen (secondary N) is 2. The molecule has 2 N–H and O–H groups in total. The van der Waals surface area contributed by atoms with E-state index in [1.807, 2.05) is 0 Å². The molecule has 2 rings (SSSR count).